The lowest BCUT2D eigenvalue weighted by Gasteiger charge is -2.20. The number of aromatic nitrogens is 2. The molecule has 0 atom stereocenters. The van der Waals surface area contributed by atoms with Gasteiger partial charge in [-0.1, -0.05) is 0 Å². The second-order valence-corrected chi connectivity index (χ2v) is 6.23. The van der Waals surface area contributed by atoms with Gasteiger partial charge in [0.1, 0.15) is 17.0 Å². The van der Waals surface area contributed by atoms with Gasteiger partial charge < -0.3 is 10.2 Å². The molecule has 21 heavy (non-hydrogen) atoms. The number of carbonyl (C=O) groups is 1. The minimum atomic E-state index is -0.0315. The van der Waals surface area contributed by atoms with E-state index in [1.165, 1.54) is 11.3 Å². The molecule has 1 N–H and O–H groups in total. The molecule has 2 heterocycles. The average Bonchev–Trinajstić information content (AvgIpc) is 2.78. The quantitative estimate of drug-likeness (QED) is 0.922. The van der Waals surface area contributed by atoms with Crippen molar-refractivity contribution in [1.29, 1.82) is 0 Å². The third-order valence-corrected chi connectivity index (χ3v) is 4.59. The van der Waals surface area contributed by atoms with Gasteiger partial charge >= 0.3 is 0 Å². The van der Waals surface area contributed by atoms with Gasteiger partial charge in [-0.3, -0.25) is 4.79 Å². The van der Waals surface area contributed by atoms with Crippen molar-refractivity contribution in [3.8, 4) is 0 Å². The first-order chi connectivity index (χ1) is 9.99. The van der Waals surface area contributed by atoms with Crippen molar-refractivity contribution < 1.29 is 4.79 Å². The zero-order valence-electron chi connectivity index (χ0n) is 13.2. The van der Waals surface area contributed by atoms with Crippen LogP contribution in [0.5, 0.6) is 0 Å². The van der Waals surface area contributed by atoms with E-state index in [1.54, 1.807) is 6.33 Å². The van der Waals surface area contributed by atoms with Crippen LogP contribution in [-0.4, -0.2) is 35.0 Å². The van der Waals surface area contributed by atoms with E-state index in [4.69, 9.17) is 0 Å². The van der Waals surface area contributed by atoms with Crippen LogP contribution >= 0.6 is 11.3 Å². The number of nitrogens with one attached hydrogen (secondary N) is 1. The molecule has 0 radical (unpaired) electrons. The zero-order valence-corrected chi connectivity index (χ0v) is 14.0. The molecule has 0 unspecified atom stereocenters. The molecule has 0 aliphatic heterocycles. The minimum Gasteiger partial charge on any atom is -0.357 e. The summed E-state index contributed by atoms with van der Waals surface area (Å²) in [4.78, 5) is 24.9. The summed E-state index contributed by atoms with van der Waals surface area (Å²) in [6.45, 7) is 11.9. The Labute approximate surface area is 129 Å². The van der Waals surface area contributed by atoms with Crippen molar-refractivity contribution in [2.45, 2.75) is 40.7 Å². The fourth-order valence-electron chi connectivity index (χ4n) is 2.36. The van der Waals surface area contributed by atoms with Crippen molar-refractivity contribution in [1.82, 2.24) is 15.3 Å². The van der Waals surface area contributed by atoms with Gasteiger partial charge in [0.25, 0.3) is 5.91 Å². The maximum absolute atomic E-state index is 12.3. The van der Waals surface area contributed by atoms with E-state index >= 15 is 0 Å². The third-order valence-electron chi connectivity index (χ3n) is 3.40. The Kier molecular flexibility index (Phi) is 4.77. The summed E-state index contributed by atoms with van der Waals surface area (Å²) in [6, 6.07) is 0.121. The van der Waals surface area contributed by atoms with Gasteiger partial charge in [-0.05, 0) is 40.2 Å². The first-order valence-electron chi connectivity index (χ1n) is 7.29. The molecular formula is C15H22N4OS. The lowest BCUT2D eigenvalue weighted by atomic mass is 10.2. The fourth-order valence-corrected chi connectivity index (χ4v) is 3.41. The molecule has 0 aromatic carbocycles. The SMILES string of the molecule is CCN(CC)c1ncnc2sc(C(=O)NC(C)C)c(C)c12. The van der Waals surface area contributed by atoms with E-state index in [9.17, 15) is 4.79 Å². The van der Waals surface area contributed by atoms with Crippen molar-refractivity contribution >= 4 is 33.3 Å². The second-order valence-electron chi connectivity index (χ2n) is 5.23. The summed E-state index contributed by atoms with van der Waals surface area (Å²) in [7, 11) is 0. The Morgan fingerprint density at radius 2 is 2.00 bits per heavy atom. The highest BCUT2D eigenvalue weighted by Gasteiger charge is 2.21. The molecule has 0 aliphatic rings. The maximum atomic E-state index is 12.3. The van der Waals surface area contributed by atoms with E-state index in [0.717, 1.165) is 39.6 Å². The first-order valence-corrected chi connectivity index (χ1v) is 8.11. The number of anilines is 1. The summed E-state index contributed by atoms with van der Waals surface area (Å²) in [5, 5.41) is 3.95. The Bertz CT molecular complexity index is 646. The summed E-state index contributed by atoms with van der Waals surface area (Å²) >= 11 is 1.44. The topological polar surface area (TPSA) is 58.1 Å². The molecule has 2 aromatic heterocycles. The van der Waals surface area contributed by atoms with Crippen LogP contribution in [0.1, 0.15) is 42.9 Å². The van der Waals surface area contributed by atoms with Crippen molar-refractivity contribution in [3.05, 3.63) is 16.8 Å². The Hall–Kier alpha value is -1.69. The van der Waals surface area contributed by atoms with Crippen LogP contribution < -0.4 is 10.2 Å². The molecule has 0 bridgehead atoms. The van der Waals surface area contributed by atoms with E-state index in [-0.39, 0.29) is 11.9 Å². The van der Waals surface area contributed by atoms with E-state index < -0.39 is 0 Å². The van der Waals surface area contributed by atoms with Gasteiger partial charge in [0.15, 0.2) is 0 Å². The predicted octanol–water partition coefficient (Wildman–Crippen LogP) is 2.98. The number of fused-ring (bicyclic) bond motifs is 1. The number of nitrogens with zero attached hydrogens (tertiary/aromatic N) is 3. The summed E-state index contributed by atoms with van der Waals surface area (Å²) in [5.74, 6) is 0.887. The maximum Gasteiger partial charge on any atom is 0.261 e. The molecule has 0 aliphatic carbocycles. The molecule has 5 nitrogen and oxygen atoms in total. The number of aryl methyl sites for hydroxylation is 1. The van der Waals surface area contributed by atoms with Crippen LogP contribution in [0.2, 0.25) is 0 Å². The van der Waals surface area contributed by atoms with E-state index in [1.807, 2.05) is 20.8 Å². The number of carbonyl (C=O) groups excluding carboxylic acids is 1. The molecular weight excluding hydrogens is 284 g/mol. The number of amides is 1. The highest BCUT2D eigenvalue weighted by molar-refractivity contribution is 7.20. The second kappa shape index (κ2) is 6.39. The number of hydrogen-bond donors (Lipinski definition) is 1. The highest BCUT2D eigenvalue weighted by atomic mass is 32.1. The van der Waals surface area contributed by atoms with Crippen LogP contribution in [0.4, 0.5) is 5.82 Å². The fraction of sp³-hybridized carbons (Fsp3) is 0.533. The molecule has 2 rings (SSSR count). The lowest BCUT2D eigenvalue weighted by Crippen LogP contribution is -2.29. The van der Waals surface area contributed by atoms with Crippen LogP contribution in [0.3, 0.4) is 0 Å². The van der Waals surface area contributed by atoms with Gasteiger partial charge in [-0.25, -0.2) is 9.97 Å². The summed E-state index contributed by atoms with van der Waals surface area (Å²) < 4.78 is 0. The van der Waals surface area contributed by atoms with Gasteiger partial charge in [-0.2, -0.15) is 0 Å². The first kappa shape index (κ1) is 15.7. The molecule has 114 valence electrons. The molecule has 0 saturated carbocycles. The minimum absolute atomic E-state index is 0.0315. The average molecular weight is 306 g/mol. The zero-order chi connectivity index (χ0) is 15.6. The van der Waals surface area contributed by atoms with Crippen LogP contribution in [-0.2, 0) is 0 Å². The van der Waals surface area contributed by atoms with Crippen LogP contribution in [0.15, 0.2) is 6.33 Å². The van der Waals surface area contributed by atoms with Gasteiger partial charge in [0.05, 0.1) is 10.3 Å². The number of hydrogen-bond acceptors (Lipinski definition) is 5. The van der Waals surface area contributed by atoms with Crippen molar-refractivity contribution in [2.75, 3.05) is 18.0 Å². The smallest absolute Gasteiger partial charge is 0.261 e. The standard InChI is InChI=1S/C15H22N4OS/c1-6-19(7-2)13-11-10(5)12(14(20)18-9(3)4)21-15(11)17-8-16-13/h8-9H,6-7H2,1-5H3,(H,18,20). The lowest BCUT2D eigenvalue weighted by molar-refractivity contribution is 0.0947. The molecule has 1 amide bonds. The Balaban J connectivity index is 2.56. The summed E-state index contributed by atoms with van der Waals surface area (Å²) in [6.07, 6.45) is 1.58. The molecule has 0 fully saturated rings. The monoisotopic (exact) mass is 306 g/mol. The third kappa shape index (κ3) is 3.00. The number of rotatable bonds is 5. The predicted molar refractivity (Wildman–Crippen MR) is 88.3 cm³/mol. The number of thiophene rings is 1. The normalized spacial score (nSPS) is 11.1. The van der Waals surface area contributed by atoms with Gasteiger partial charge in [0, 0.05) is 19.1 Å². The van der Waals surface area contributed by atoms with E-state index in [0.29, 0.717) is 0 Å². The Morgan fingerprint density at radius 1 is 1.33 bits per heavy atom. The van der Waals surface area contributed by atoms with Crippen molar-refractivity contribution in [3.63, 3.8) is 0 Å². The molecule has 0 saturated heterocycles. The van der Waals surface area contributed by atoms with E-state index in [2.05, 4.69) is 34.0 Å². The summed E-state index contributed by atoms with van der Waals surface area (Å²) in [5.41, 5.74) is 0.968. The molecule has 6 heteroatoms. The van der Waals surface area contributed by atoms with Crippen molar-refractivity contribution in [2.24, 2.45) is 0 Å². The van der Waals surface area contributed by atoms with Gasteiger partial charge in [-0.15, -0.1) is 11.3 Å². The molecule has 2 aromatic rings. The highest BCUT2D eigenvalue weighted by Crippen LogP contribution is 2.34. The molecule has 0 spiro atoms. The Morgan fingerprint density at radius 3 is 2.57 bits per heavy atom. The largest absolute Gasteiger partial charge is 0.357 e. The van der Waals surface area contributed by atoms with Gasteiger partial charge in [0.2, 0.25) is 0 Å². The van der Waals surface area contributed by atoms with Crippen LogP contribution in [0, 0.1) is 6.92 Å². The van der Waals surface area contributed by atoms with Crippen LogP contribution in [0.25, 0.3) is 10.2 Å².